The number of hydrogen-bond acceptors (Lipinski definition) is 4. The highest BCUT2D eigenvalue weighted by Gasteiger charge is 2.34. The fraction of sp³-hybridized carbons (Fsp3) is 0.125. The third-order valence-corrected chi connectivity index (χ3v) is 3.57. The van der Waals surface area contributed by atoms with E-state index < -0.39 is 17.3 Å². The minimum atomic E-state index is -0.890. The van der Waals surface area contributed by atoms with Gasteiger partial charge in [0.2, 0.25) is 5.88 Å². The van der Waals surface area contributed by atoms with E-state index in [9.17, 15) is 14.4 Å². The van der Waals surface area contributed by atoms with Crippen LogP contribution in [0.5, 0.6) is 5.75 Å². The summed E-state index contributed by atoms with van der Waals surface area (Å²) in [5.74, 6) is -1.28. The maximum Gasteiger partial charge on any atom is 0.256 e. The summed E-state index contributed by atoms with van der Waals surface area (Å²) in [5.41, 5.74) is 6.35. The molecule has 110 valence electrons. The number of H-pyrrole nitrogens is 1. The van der Waals surface area contributed by atoms with E-state index >= 15 is 0 Å². The monoisotopic (exact) mass is 297 g/mol. The summed E-state index contributed by atoms with van der Waals surface area (Å²) in [7, 11) is 0. The van der Waals surface area contributed by atoms with E-state index in [0.29, 0.717) is 5.69 Å². The first kappa shape index (κ1) is 13.9. The summed E-state index contributed by atoms with van der Waals surface area (Å²) >= 11 is 0. The van der Waals surface area contributed by atoms with Gasteiger partial charge in [0.05, 0.1) is 11.5 Å². The molecule has 1 aliphatic rings. The fourth-order valence-electron chi connectivity index (χ4n) is 2.63. The van der Waals surface area contributed by atoms with Crippen molar-refractivity contribution in [3.8, 4) is 11.8 Å². The molecule has 0 amide bonds. The van der Waals surface area contributed by atoms with Gasteiger partial charge in [-0.3, -0.25) is 4.79 Å². The highest BCUT2D eigenvalue weighted by atomic mass is 19.1. The number of pyridine rings is 1. The van der Waals surface area contributed by atoms with Gasteiger partial charge in [-0.15, -0.1) is 0 Å². The second-order valence-corrected chi connectivity index (χ2v) is 5.01. The van der Waals surface area contributed by atoms with Gasteiger partial charge in [0.15, 0.2) is 0 Å². The number of hydrogen-bond donors (Lipinski definition) is 2. The van der Waals surface area contributed by atoms with E-state index in [-0.39, 0.29) is 28.3 Å². The number of halogens is 1. The highest BCUT2D eigenvalue weighted by molar-refractivity contribution is 5.55. The molecule has 0 radical (unpaired) electrons. The second-order valence-electron chi connectivity index (χ2n) is 5.01. The van der Waals surface area contributed by atoms with E-state index in [0.717, 1.165) is 0 Å². The lowest BCUT2D eigenvalue weighted by molar-refractivity contribution is 0.390. The quantitative estimate of drug-likeness (QED) is 0.842. The van der Waals surface area contributed by atoms with Gasteiger partial charge < -0.3 is 15.5 Å². The van der Waals surface area contributed by atoms with Gasteiger partial charge >= 0.3 is 0 Å². The normalized spacial score (nSPS) is 16.7. The summed E-state index contributed by atoms with van der Waals surface area (Å²) in [6.07, 6.45) is 0. The van der Waals surface area contributed by atoms with Crippen LogP contribution in [0.25, 0.3) is 0 Å². The number of allylic oxidation sites excluding steroid dienone is 1. The Labute approximate surface area is 125 Å². The van der Waals surface area contributed by atoms with Crippen molar-refractivity contribution in [2.75, 3.05) is 0 Å². The number of nitriles is 1. The van der Waals surface area contributed by atoms with Crippen LogP contribution in [0.1, 0.15) is 22.7 Å². The zero-order valence-corrected chi connectivity index (χ0v) is 11.7. The molecule has 2 heterocycles. The van der Waals surface area contributed by atoms with E-state index in [1.165, 1.54) is 18.2 Å². The highest BCUT2D eigenvalue weighted by Crippen LogP contribution is 2.40. The molecule has 1 aromatic heterocycles. The Balaban J connectivity index is 2.35. The SMILES string of the molecule is Cc1cc2c(c(=O)[nH]1)C(c1ccccc1F)C(C#N)=C(N)O2. The number of benzene rings is 1. The molecule has 0 saturated heterocycles. The molecule has 3 rings (SSSR count). The fourth-order valence-corrected chi connectivity index (χ4v) is 2.63. The van der Waals surface area contributed by atoms with E-state index in [4.69, 9.17) is 10.5 Å². The number of aromatic amines is 1. The van der Waals surface area contributed by atoms with E-state index in [2.05, 4.69) is 4.98 Å². The minimum Gasteiger partial charge on any atom is -0.440 e. The lowest BCUT2D eigenvalue weighted by Crippen LogP contribution is -2.28. The number of aryl methyl sites for hydroxylation is 1. The molecule has 6 heteroatoms. The first-order valence-corrected chi connectivity index (χ1v) is 6.58. The number of rotatable bonds is 1. The van der Waals surface area contributed by atoms with Crippen molar-refractivity contribution >= 4 is 0 Å². The van der Waals surface area contributed by atoms with Crippen LogP contribution in [-0.2, 0) is 0 Å². The first-order valence-electron chi connectivity index (χ1n) is 6.58. The van der Waals surface area contributed by atoms with Crippen LogP contribution in [0.2, 0.25) is 0 Å². The molecule has 22 heavy (non-hydrogen) atoms. The van der Waals surface area contributed by atoms with Crippen LogP contribution < -0.4 is 16.0 Å². The first-order chi connectivity index (χ1) is 10.5. The predicted octanol–water partition coefficient (Wildman–Crippen LogP) is 2.04. The summed E-state index contributed by atoms with van der Waals surface area (Å²) in [4.78, 5) is 15.0. The molecule has 0 bridgehead atoms. The van der Waals surface area contributed by atoms with Gasteiger partial charge in [0, 0.05) is 17.3 Å². The van der Waals surface area contributed by atoms with Gasteiger partial charge in [-0.1, -0.05) is 18.2 Å². The Morgan fingerprint density at radius 1 is 1.41 bits per heavy atom. The third-order valence-electron chi connectivity index (χ3n) is 3.57. The zero-order chi connectivity index (χ0) is 15.9. The maximum absolute atomic E-state index is 14.2. The smallest absolute Gasteiger partial charge is 0.256 e. The molecule has 3 N–H and O–H groups in total. The van der Waals surface area contributed by atoms with Crippen molar-refractivity contribution in [3.63, 3.8) is 0 Å². The summed E-state index contributed by atoms with van der Waals surface area (Å²) in [5, 5.41) is 9.35. The number of ether oxygens (including phenoxy) is 1. The van der Waals surface area contributed by atoms with E-state index in [1.54, 1.807) is 19.1 Å². The Morgan fingerprint density at radius 2 is 2.14 bits per heavy atom. The Morgan fingerprint density at radius 3 is 2.82 bits per heavy atom. The van der Waals surface area contributed by atoms with Gasteiger partial charge in [0.1, 0.15) is 23.2 Å². The second kappa shape index (κ2) is 5.04. The Bertz CT molecular complexity index is 893. The standard InChI is InChI=1S/C16H12FN3O2/c1-8-6-12-14(16(21)20-8)13(10(7-18)15(19)22-12)9-4-2-3-5-11(9)17/h2-6,13H,19H2,1H3,(H,20,21). The molecule has 0 spiro atoms. The van der Waals surface area contributed by atoms with Crippen LogP contribution in [0.15, 0.2) is 46.6 Å². The summed E-state index contributed by atoms with van der Waals surface area (Å²) < 4.78 is 19.6. The predicted molar refractivity (Wildman–Crippen MR) is 77.5 cm³/mol. The zero-order valence-electron chi connectivity index (χ0n) is 11.7. The molecule has 2 aromatic rings. The van der Waals surface area contributed by atoms with E-state index in [1.807, 2.05) is 6.07 Å². The summed E-state index contributed by atoms with van der Waals surface area (Å²) in [6.45, 7) is 1.70. The Hall–Kier alpha value is -3.07. The lowest BCUT2D eigenvalue weighted by atomic mass is 9.84. The average molecular weight is 297 g/mol. The van der Waals surface area contributed by atoms with Crippen molar-refractivity contribution < 1.29 is 9.13 Å². The van der Waals surface area contributed by atoms with Crippen molar-refractivity contribution in [3.05, 3.63) is 74.8 Å². The van der Waals surface area contributed by atoms with Crippen LogP contribution in [0.4, 0.5) is 4.39 Å². The number of fused-ring (bicyclic) bond motifs is 1. The Kier molecular flexibility index (Phi) is 3.18. The van der Waals surface area contributed by atoms with Gasteiger partial charge in [-0.25, -0.2) is 4.39 Å². The number of nitrogens with one attached hydrogen (secondary N) is 1. The van der Waals surface area contributed by atoms with Crippen molar-refractivity contribution in [1.82, 2.24) is 4.98 Å². The van der Waals surface area contributed by atoms with Crippen LogP contribution in [0.3, 0.4) is 0 Å². The minimum absolute atomic E-state index is 0.0203. The van der Waals surface area contributed by atoms with Crippen molar-refractivity contribution in [2.24, 2.45) is 5.73 Å². The molecule has 1 aromatic carbocycles. The van der Waals surface area contributed by atoms with Gasteiger partial charge in [-0.2, -0.15) is 5.26 Å². The molecule has 0 fully saturated rings. The van der Waals surface area contributed by atoms with Gasteiger partial charge in [-0.05, 0) is 13.0 Å². The molecule has 0 saturated carbocycles. The maximum atomic E-state index is 14.2. The third kappa shape index (κ3) is 2.04. The topological polar surface area (TPSA) is 91.9 Å². The molecule has 1 aliphatic heterocycles. The largest absolute Gasteiger partial charge is 0.440 e. The van der Waals surface area contributed by atoms with Crippen LogP contribution in [-0.4, -0.2) is 4.98 Å². The average Bonchev–Trinajstić information content (AvgIpc) is 2.46. The molecule has 0 aliphatic carbocycles. The summed E-state index contributed by atoms with van der Waals surface area (Å²) in [6, 6.07) is 9.51. The van der Waals surface area contributed by atoms with Crippen LogP contribution in [0, 0.1) is 24.1 Å². The number of nitrogens with zero attached hydrogens (tertiary/aromatic N) is 1. The lowest BCUT2D eigenvalue weighted by Gasteiger charge is -2.25. The number of nitrogens with two attached hydrogens (primary N) is 1. The molecule has 1 atom stereocenters. The van der Waals surface area contributed by atoms with Crippen LogP contribution >= 0.6 is 0 Å². The molecular formula is C16H12FN3O2. The molecule has 1 unspecified atom stereocenters. The number of aromatic nitrogens is 1. The molecular weight excluding hydrogens is 285 g/mol. The van der Waals surface area contributed by atoms with Crippen molar-refractivity contribution in [2.45, 2.75) is 12.8 Å². The van der Waals surface area contributed by atoms with Gasteiger partial charge in [0.25, 0.3) is 5.56 Å². The van der Waals surface area contributed by atoms with Crippen molar-refractivity contribution in [1.29, 1.82) is 5.26 Å². The molecule has 5 nitrogen and oxygen atoms in total.